The summed E-state index contributed by atoms with van der Waals surface area (Å²) in [5.41, 5.74) is 5.27. The molecular formula is C26H21N5O3. The lowest BCUT2D eigenvalue weighted by molar-refractivity contribution is -0.384. The number of nitrogens with one attached hydrogen (secondary N) is 3. The van der Waals surface area contributed by atoms with Crippen LogP contribution in [0.15, 0.2) is 79.0 Å². The highest BCUT2D eigenvalue weighted by Crippen LogP contribution is 2.39. The van der Waals surface area contributed by atoms with E-state index in [2.05, 4.69) is 20.6 Å². The van der Waals surface area contributed by atoms with Gasteiger partial charge in [-0.25, -0.2) is 4.98 Å². The summed E-state index contributed by atoms with van der Waals surface area (Å²) in [6.45, 7) is 2.04. The molecule has 34 heavy (non-hydrogen) atoms. The smallest absolute Gasteiger partial charge is 0.270 e. The van der Waals surface area contributed by atoms with Crippen LogP contribution in [-0.4, -0.2) is 20.8 Å². The number of rotatable bonds is 6. The van der Waals surface area contributed by atoms with Gasteiger partial charge in [-0.15, -0.1) is 0 Å². The van der Waals surface area contributed by atoms with Crippen LogP contribution in [0.4, 0.5) is 17.1 Å². The molecule has 1 aliphatic heterocycles. The molecule has 0 bridgehead atoms. The second kappa shape index (κ2) is 8.67. The standard InChI is InChI=1S/C26H21N5O3/c1-2-23-27-15-22(29-23)16-8-10-18(11-9-16)28-25(17-6-4-3-5-7-17)24-20-14-19(31(33)34)12-13-21(20)30-26(24)32/h3-15,28H,2H2,1H3,(H,27,29)(H,30,32). The van der Waals surface area contributed by atoms with Crippen molar-refractivity contribution in [3.8, 4) is 11.3 Å². The van der Waals surface area contributed by atoms with Crippen LogP contribution in [-0.2, 0) is 11.2 Å². The number of carbonyl (C=O) groups excluding carboxylic acids is 1. The predicted molar refractivity (Wildman–Crippen MR) is 132 cm³/mol. The van der Waals surface area contributed by atoms with Gasteiger partial charge in [0.1, 0.15) is 5.82 Å². The van der Waals surface area contributed by atoms with E-state index in [-0.39, 0.29) is 11.6 Å². The molecule has 1 amide bonds. The number of carbonyl (C=O) groups is 1. The van der Waals surface area contributed by atoms with Gasteiger partial charge in [0.15, 0.2) is 0 Å². The molecule has 0 spiro atoms. The molecule has 0 saturated heterocycles. The van der Waals surface area contributed by atoms with Gasteiger partial charge in [0.25, 0.3) is 11.6 Å². The lowest BCUT2D eigenvalue weighted by atomic mass is 9.99. The van der Waals surface area contributed by atoms with E-state index in [4.69, 9.17) is 0 Å². The first-order valence-corrected chi connectivity index (χ1v) is 10.8. The van der Waals surface area contributed by atoms with E-state index >= 15 is 0 Å². The zero-order valence-corrected chi connectivity index (χ0v) is 18.3. The number of non-ortho nitro benzene ring substituents is 1. The van der Waals surface area contributed by atoms with Gasteiger partial charge < -0.3 is 15.6 Å². The highest BCUT2D eigenvalue weighted by Gasteiger charge is 2.30. The number of nitrogens with zero attached hydrogens (tertiary/aromatic N) is 2. The van der Waals surface area contributed by atoms with Crippen LogP contribution in [0.1, 0.15) is 23.9 Å². The number of hydrogen-bond donors (Lipinski definition) is 3. The van der Waals surface area contributed by atoms with Crippen LogP contribution in [0.5, 0.6) is 0 Å². The molecule has 8 heteroatoms. The molecule has 0 fully saturated rings. The molecule has 0 aliphatic carbocycles. The Bertz CT molecular complexity index is 1420. The molecular weight excluding hydrogens is 430 g/mol. The van der Waals surface area contributed by atoms with Crippen molar-refractivity contribution in [1.29, 1.82) is 0 Å². The van der Waals surface area contributed by atoms with Crippen LogP contribution < -0.4 is 10.6 Å². The highest BCUT2D eigenvalue weighted by atomic mass is 16.6. The van der Waals surface area contributed by atoms with Gasteiger partial charge in [0.05, 0.1) is 21.9 Å². The van der Waals surface area contributed by atoms with Crippen molar-refractivity contribution in [3.63, 3.8) is 0 Å². The monoisotopic (exact) mass is 451 g/mol. The minimum absolute atomic E-state index is 0.0741. The molecule has 168 valence electrons. The molecule has 0 unspecified atom stereocenters. The Kier molecular flexibility index (Phi) is 5.39. The summed E-state index contributed by atoms with van der Waals surface area (Å²) in [4.78, 5) is 31.6. The van der Waals surface area contributed by atoms with Gasteiger partial charge in [0.2, 0.25) is 0 Å². The fourth-order valence-corrected chi connectivity index (χ4v) is 3.96. The van der Waals surface area contributed by atoms with Crippen molar-refractivity contribution in [2.45, 2.75) is 13.3 Å². The number of fused-ring (bicyclic) bond motifs is 1. The summed E-state index contributed by atoms with van der Waals surface area (Å²) in [7, 11) is 0. The van der Waals surface area contributed by atoms with E-state index in [1.54, 1.807) is 6.07 Å². The van der Waals surface area contributed by atoms with E-state index in [0.29, 0.717) is 22.5 Å². The topological polar surface area (TPSA) is 113 Å². The molecule has 5 rings (SSSR count). The number of aryl methyl sites for hydroxylation is 1. The zero-order chi connectivity index (χ0) is 23.7. The molecule has 0 radical (unpaired) electrons. The highest BCUT2D eigenvalue weighted by molar-refractivity contribution is 6.37. The van der Waals surface area contributed by atoms with Gasteiger partial charge in [-0.05, 0) is 23.8 Å². The average Bonchev–Trinajstić information content (AvgIpc) is 3.47. The first kappa shape index (κ1) is 21.1. The summed E-state index contributed by atoms with van der Waals surface area (Å²) >= 11 is 0. The van der Waals surface area contributed by atoms with Crippen molar-refractivity contribution in [2.24, 2.45) is 0 Å². The largest absolute Gasteiger partial charge is 0.354 e. The Hall–Kier alpha value is -4.72. The number of aromatic nitrogens is 2. The zero-order valence-electron chi connectivity index (χ0n) is 18.3. The Labute approximate surface area is 195 Å². The maximum Gasteiger partial charge on any atom is 0.270 e. The minimum Gasteiger partial charge on any atom is -0.354 e. The van der Waals surface area contributed by atoms with E-state index in [9.17, 15) is 14.9 Å². The third-order valence-corrected chi connectivity index (χ3v) is 5.69. The second-order valence-electron chi connectivity index (χ2n) is 7.85. The number of nitro groups is 1. The van der Waals surface area contributed by atoms with Crippen molar-refractivity contribution in [3.05, 3.63) is 106 Å². The third-order valence-electron chi connectivity index (χ3n) is 5.69. The number of amides is 1. The van der Waals surface area contributed by atoms with Gasteiger partial charge in [-0.1, -0.05) is 49.4 Å². The Morgan fingerprint density at radius 3 is 2.50 bits per heavy atom. The van der Waals surface area contributed by atoms with Crippen LogP contribution in [0.25, 0.3) is 22.5 Å². The molecule has 1 aliphatic rings. The molecule has 2 heterocycles. The fourth-order valence-electron chi connectivity index (χ4n) is 3.96. The third kappa shape index (κ3) is 3.93. The SMILES string of the molecule is CCc1nc(-c2ccc(NC(=C3C(=O)Nc4ccc([N+](=O)[O-])cc43)c3ccccc3)cc2)c[nH]1. The van der Waals surface area contributed by atoms with E-state index < -0.39 is 4.92 Å². The molecule has 0 saturated carbocycles. The minimum atomic E-state index is -0.464. The number of aromatic amines is 1. The van der Waals surface area contributed by atoms with Crippen molar-refractivity contribution < 1.29 is 9.72 Å². The number of anilines is 2. The lowest BCUT2D eigenvalue weighted by Crippen LogP contribution is -2.10. The van der Waals surface area contributed by atoms with E-state index in [1.165, 1.54) is 12.1 Å². The van der Waals surface area contributed by atoms with Gasteiger partial charge in [0, 0.05) is 47.3 Å². The maximum atomic E-state index is 13.0. The number of benzene rings is 3. The van der Waals surface area contributed by atoms with Gasteiger partial charge >= 0.3 is 0 Å². The molecule has 0 atom stereocenters. The normalized spacial score (nSPS) is 13.9. The van der Waals surface area contributed by atoms with Gasteiger partial charge in [-0.3, -0.25) is 14.9 Å². The quantitative estimate of drug-likeness (QED) is 0.204. The number of H-pyrrole nitrogens is 1. The van der Waals surface area contributed by atoms with E-state index in [1.807, 2.05) is 67.7 Å². The Morgan fingerprint density at radius 2 is 1.82 bits per heavy atom. The van der Waals surface area contributed by atoms with Crippen molar-refractivity contribution in [2.75, 3.05) is 10.6 Å². The lowest BCUT2D eigenvalue weighted by Gasteiger charge is -2.15. The summed E-state index contributed by atoms with van der Waals surface area (Å²) in [5.74, 6) is 0.607. The number of hydrogen-bond acceptors (Lipinski definition) is 5. The first-order valence-electron chi connectivity index (χ1n) is 10.8. The number of nitro benzene ring substituents is 1. The van der Waals surface area contributed by atoms with Crippen molar-refractivity contribution >= 4 is 34.2 Å². The average molecular weight is 451 g/mol. The predicted octanol–water partition coefficient (Wildman–Crippen LogP) is 5.48. The Balaban J connectivity index is 1.57. The summed E-state index contributed by atoms with van der Waals surface area (Å²) in [5, 5.41) is 17.5. The molecule has 3 aromatic carbocycles. The molecule has 8 nitrogen and oxygen atoms in total. The summed E-state index contributed by atoms with van der Waals surface area (Å²) in [6, 6.07) is 21.6. The van der Waals surface area contributed by atoms with Crippen LogP contribution in [0.2, 0.25) is 0 Å². The molecule has 1 aromatic heterocycles. The molecule has 4 aromatic rings. The first-order chi connectivity index (χ1) is 16.5. The van der Waals surface area contributed by atoms with Gasteiger partial charge in [-0.2, -0.15) is 0 Å². The molecule has 3 N–H and O–H groups in total. The fraction of sp³-hybridized carbons (Fsp3) is 0.0769. The number of imidazole rings is 1. The second-order valence-corrected chi connectivity index (χ2v) is 7.85. The Morgan fingerprint density at radius 1 is 1.06 bits per heavy atom. The van der Waals surface area contributed by atoms with E-state index in [0.717, 1.165) is 34.8 Å². The maximum absolute atomic E-state index is 13.0. The van der Waals surface area contributed by atoms with Crippen LogP contribution in [0, 0.1) is 10.1 Å². The van der Waals surface area contributed by atoms with Crippen molar-refractivity contribution in [1.82, 2.24) is 9.97 Å². The van der Waals surface area contributed by atoms with Crippen LogP contribution in [0.3, 0.4) is 0 Å². The van der Waals surface area contributed by atoms with Crippen LogP contribution >= 0.6 is 0 Å². The summed E-state index contributed by atoms with van der Waals surface area (Å²) in [6.07, 6.45) is 2.71. The summed E-state index contributed by atoms with van der Waals surface area (Å²) < 4.78 is 0.